The lowest BCUT2D eigenvalue weighted by molar-refractivity contribution is -0.156. The summed E-state index contributed by atoms with van der Waals surface area (Å²) in [6.07, 6.45) is 1.15. The van der Waals surface area contributed by atoms with Crippen molar-refractivity contribution in [2.24, 2.45) is 5.92 Å². The predicted molar refractivity (Wildman–Crippen MR) is 90.1 cm³/mol. The van der Waals surface area contributed by atoms with Gasteiger partial charge in [0.05, 0.1) is 24.2 Å². The quantitative estimate of drug-likeness (QED) is 0.739. The summed E-state index contributed by atoms with van der Waals surface area (Å²) in [6, 6.07) is 3.93. The first-order chi connectivity index (χ1) is 12.4. The van der Waals surface area contributed by atoms with Crippen molar-refractivity contribution in [2.75, 3.05) is 11.4 Å². The van der Waals surface area contributed by atoms with Crippen LogP contribution in [0.1, 0.15) is 31.9 Å². The maximum absolute atomic E-state index is 14.6. The van der Waals surface area contributed by atoms with Crippen LogP contribution in [0.15, 0.2) is 30.0 Å². The second-order valence-electron chi connectivity index (χ2n) is 6.94. The molecule has 26 heavy (non-hydrogen) atoms. The van der Waals surface area contributed by atoms with Gasteiger partial charge in [0, 0.05) is 19.4 Å². The molecule has 8 heteroatoms. The highest BCUT2D eigenvalue weighted by Gasteiger charge is 2.41. The minimum Gasteiger partial charge on any atom is -0.441 e. The van der Waals surface area contributed by atoms with E-state index >= 15 is 0 Å². The van der Waals surface area contributed by atoms with Crippen molar-refractivity contribution >= 4 is 17.6 Å². The number of nitrogens with zero attached hydrogens (tertiary/aromatic N) is 1. The Kier molecular flexibility index (Phi) is 4.07. The molecule has 7 nitrogen and oxygen atoms in total. The number of carbonyl (C=O) groups is 2. The lowest BCUT2D eigenvalue weighted by Gasteiger charge is -2.47. The van der Waals surface area contributed by atoms with Crippen molar-refractivity contribution in [3.63, 3.8) is 0 Å². The molecule has 4 aliphatic heterocycles. The summed E-state index contributed by atoms with van der Waals surface area (Å²) in [7, 11) is 0. The van der Waals surface area contributed by atoms with Gasteiger partial charge < -0.3 is 19.8 Å². The lowest BCUT2D eigenvalue weighted by Crippen LogP contribution is -2.58. The SMILES string of the molecule is CC(=O)NC1CC(=O)OC2C(C)CN2c2ccc(cc2F)C2C=C1ON2. The van der Waals surface area contributed by atoms with Gasteiger partial charge in [-0.05, 0) is 23.8 Å². The fourth-order valence-corrected chi connectivity index (χ4v) is 3.57. The molecule has 0 aliphatic carbocycles. The number of anilines is 1. The van der Waals surface area contributed by atoms with Crippen LogP contribution in [0.5, 0.6) is 0 Å². The predicted octanol–water partition coefficient (Wildman–Crippen LogP) is 1.52. The van der Waals surface area contributed by atoms with Gasteiger partial charge in [-0.3, -0.25) is 9.59 Å². The van der Waals surface area contributed by atoms with E-state index in [-0.39, 0.29) is 30.1 Å². The Balaban J connectivity index is 1.73. The third-order valence-corrected chi connectivity index (χ3v) is 4.90. The van der Waals surface area contributed by atoms with E-state index in [9.17, 15) is 14.0 Å². The van der Waals surface area contributed by atoms with Gasteiger partial charge >= 0.3 is 5.97 Å². The second kappa shape index (κ2) is 6.28. The van der Waals surface area contributed by atoms with Gasteiger partial charge in [0.15, 0.2) is 6.23 Å². The van der Waals surface area contributed by atoms with E-state index in [0.717, 1.165) is 0 Å². The van der Waals surface area contributed by atoms with Crippen molar-refractivity contribution in [1.29, 1.82) is 0 Å². The number of amides is 1. The van der Waals surface area contributed by atoms with Crippen LogP contribution in [0.2, 0.25) is 0 Å². The molecule has 4 heterocycles. The molecule has 1 fully saturated rings. The highest BCUT2D eigenvalue weighted by Crippen LogP contribution is 2.36. The van der Waals surface area contributed by atoms with Gasteiger partial charge in [0.1, 0.15) is 11.6 Å². The highest BCUT2D eigenvalue weighted by molar-refractivity contribution is 5.76. The number of hydrogen-bond acceptors (Lipinski definition) is 6. The topological polar surface area (TPSA) is 79.9 Å². The number of carbonyl (C=O) groups excluding carboxylic acids is 2. The zero-order valence-electron chi connectivity index (χ0n) is 14.5. The number of nitrogens with one attached hydrogen (secondary N) is 2. The standard InChI is InChI=1S/C18H20FN3O4/c1-9-8-22-15-4-3-11(5-12(15)19)13-6-16(26-21-13)14(20-10(2)23)7-17(24)25-18(9)22/h3-6,9,13-14,18,21H,7-8H2,1-2H3,(H,20,23). The molecule has 2 N–H and O–H groups in total. The van der Waals surface area contributed by atoms with E-state index in [1.165, 1.54) is 13.0 Å². The summed E-state index contributed by atoms with van der Waals surface area (Å²) in [6.45, 7) is 3.93. The summed E-state index contributed by atoms with van der Waals surface area (Å²) < 4.78 is 20.2. The van der Waals surface area contributed by atoms with E-state index in [1.807, 2.05) is 13.0 Å². The van der Waals surface area contributed by atoms with Crippen LogP contribution in [0, 0.1) is 11.7 Å². The van der Waals surface area contributed by atoms with Crippen molar-refractivity contribution in [2.45, 2.75) is 38.6 Å². The van der Waals surface area contributed by atoms with Crippen LogP contribution >= 0.6 is 0 Å². The number of hydrogen-bond donors (Lipinski definition) is 2. The third kappa shape index (κ3) is 2.90. The first-order valence-electron chi connectivity index (χ1n) is 8.59. The smallest absolute Gasteiger partial charge is 0.310 e. The molecule has 1 aromatic carbocycles. The van der Waals surface area contributed by atoms with Crippen LogP contribution in [0.25, 0.3) is 0 Å². The van der Waals surface area contributed by atoms with Crippen LogP contribution in [0.4, 0.5) is 10.1 Å². The largest absolute Gasteiger partial charge is 0.441 e. The number of ether oxygens (including phenoxy) is 1. The molecule has 1 saturated heterocycles. The molecule has 0 spiro atoms. The Bertz CT molecular complexity index is 797. The summed E-state index contributed by atoms with van der Waals surface area (Å²) in [5.74, 6) is -0.639. The second-order valence-corrected chi connectivity index (χ2v) is 6.94. The van der Waals surface area contributed by atoms with Crippen LogP contribution in [0.3, 0.4) is 0 Å². The fraction of sp³-hybridized carbons (Fsp3) is 0.444. The molecule has 1 amide bonds. The Morgan fingerprint density at radius 3 is 2.92 bits per heavy atom. The molecule has 4 atom stereocenters. The van der Waals surface area contributed by atoms with Crippen LogP contribution in [-0.4, -0.2) is 30.7 Å². The van der Waals surface area contributed by atoms with E-state index in [1.54, 1.807) is 17.0 Å². The van der Waals surface area contributed by atoms with Gasteiger partial charge in [-0.25, -0.2) is 4.39 Å². The summed E-state index contributed by atoms with van der Waals surface area (Å²) in [5.41, 5.74) is 3.90. The molecule has 138 valence electrons. The first-order valence-corrected chi connectivity index (χ1v) is 8.59. The summed E-state index contributed by atoms with van der Waals surface area (Å²) in [4.78, 5) is 31.1. The van der Waals surface area contributed by atoms with Gasteiger partial charge in [0.25, 0.3) is 0 Å². The van der Waals surface area contributed by atoms with E-state index < -0.39 is 18.2 Å². The number of rotatable bonds is 1. The van der Waals surface area contributed by atoms with Gasteiger partial charge in [0.2, 0.25) is 5.91 Å². The number of hydroxylamine groups is 1. The minimum absolute atomic E-state index is 0.0646. The lowest BCUT2D eigenvalue weighted by atomic mass is 9.97. The molecule has 0 saturated carbocycles. The van der Waals surface area contributed by atoms with E-state index in [2.05, 4.69) is 10.8 Å². The monoisotopic (exact) mass is 361 g/mol. The summed E-state index contributed by atoms with van der Waals surface area (Å²) >= 11 is 0. The Labute approximate surface area is 150 Å². The maximum Gasteiger partial charge on any atom is 0.310 e. The van der Waals surface area contributed by atoms with Gasteiger partial charge in [-0.2, -0.15) is 0 Å². The van der Waals surface area contributed by atoms with Crippen molar-refractivity contribution in [3.05, 3.63) is 41.4 Å². The van der Waals surface area contributed by atoms with Gasteiger partial charge in [-0.1, -0.05) is 13.0 Å². The zero-order chi connectivity index (χ0) is 18.4. The maximum atomic E-state index is 14.6. The van der Waals surface area contributed by atoms with E-state index in [0.29, 0.717) is 23.6 Å². The normalized spacial score (nSPS) is 29.9. The molecule has 1 aromatic rings. The van der Waals surface area contributed by atoms with Gasteiger partial charge in [-0.15, -0.1) is 5.48 Å². The number of halogens is 1. The molecular formula is C18H20FN3O4. The molecule has 4 unspecified atom stereocenters. The highest BCUT2D eigenvalue weighted by atomic mass is 19.1. The van der Waals surface area contributed by atoms with Crippen molar-refractivity contribution < 1.29 is 23.6 Å². The number of benzene rings is 1. The average Bonchev–Trinajstić information content (AvgIpc) is 3.06. The van der Waals surface area contributed by atoms with E-state index in [4.69, 9.17) is 9.57 Å². The third-order valence-electron chi connectivity index (χ3n) is 4.90. The number of fused-ring (bicyclic) bond motifs is 5. The molecule has 4 bridgehead atoms. The number of esters is 1. The summed E-state index contributed by atoms with van der Waals surface area (Å²) in [5, 5.41) is 2.71. The Hall–Kier alpha value is -2.61. The Morgan fingerprint density at radius 1 is 1.42 bits per heavy atom. The average molecular weight is 361 g/mol. The zero-order valence-corrected chi connectivity index (χ0v) is 14.5. The van der Waals surface area contributed by atoms with Crippen LogP contribution < -0.4 is 15.7 Å². The van der Waals surface area contributed by atoms with Crippen LogP contribution in [-0.2, 0) is 19.2 Å². The van der Waals surface area contributed by atoms with Crippen molar-refractivity contribution in [1.82, 2.24) is 10.8 Å². The Morgan fingerprint density at radius 2 is 2.23 bits per heavy atom. The molecule has 0 radical (unpaired) electrons. The molecule has 5 rings (SSSR count). The fourth-order valence-electron chi connectivity index (χ4n) is 3.57. The molecule has 0 aromatic heterocycles. The van der Waals surface area contributed by atoms with Crippen molar-refractivity contribution in [3.8, 4) is 0 Å². The first kappa shape index (κ1) is 16.8. The minimum atomic E-state index is -0.648. The molecule has 4 aliphatic rings. The molecular weight excluding hydrogens is 341 g/mol.